The van der Waals surface area contributed by atoms with Crippen LogP contribution in [0, 0.1) is 12.7 Å². The van der Waals surface area contributed by atoms with E-state index in [0.29, 0.717) is 27.4 Å². The third-order valence-electron chi connectivity index (χ3n) is 7.70. The number of benzene rings is 2. The van der Waals surface area contributed by atoms with E-state index in [1.54, 1.807) is 31.2 Å². The second kappa shape index (κ2) is 10.8. The first-order chi connectivity index (χ1) is 20.0. The number of sulfonamides is 1. The highest BCUT2D eigenvalue weighted by atomic mass is 35.5. The van der Waals surface area contributed by atoms with Gasteiger partial charge >= 0.3 is 0 Å². The highest BCUT2D eigenvalue weighted by Crippen LogP contribution is 2.59. The molecule has 1 spiro atoms. The van der Waals surface area contributed by atoms with Gasteiger partial charge < -0.3 is 15.4 Å². The Bertz CT molecular complexity index is 1800. The number of aryl methyl sites for hydroxylation is 1. The van der Waals surface area contributed by atoms with Crippen molar-refractivity contribution in [1.82, 2.24) is 15.0 Å². The molecule has 1 saturated heterocycles. The molecule has 3 aromatic rings. The summed E-state index contributed by atoms with van der Waals surface area (Å²) < 4.78 is 46.1. The lowest BCUT2D eigenvalue weighted by atomic mass is 9.59. The van der Waals surface area contributed by atoms with Crippen LogP contribution in [0.15, 0.2) is 48.7 Å². The van der Waals surface area contributed by atoms with Crippen molar-refractivity contribution in [3.8, 4) is 5.88 Å². The van der Waals surface area contributed by atoms with E-state index < -0.39 is 56.5 Å². The van der Waals surface area contributed by atoms with Crippen molar-refractivity contribution in [3.05, 3.63) is 86.8 Å². The maximum absolute atomic E-state index is 14.7. The van der Waals surface area contributed by atoms with E-state index in [2.05, 4.69) is 15.6 Å². The van der Waals surface area contributed by atoms with Crippen LogP contribution in [0.5, 0.6) is 5.88 Å². The molecule has 0 radical (unpaired) electrons. The van der Waals surface area contributed by atoms with E-state index in [-0.39, 0.29) is 22.9 Å². The van der Waals surface area contributed by atoms with Crippen LogP contribution in [0.25, 0.3) is 0 Å². The molecule has 1 aromatic heterocycles. The van der Waals surface area contributed by atoms with Crippen LogP contribution >= 0.6 is 23.2 Å². The Labute approximate surface area is 257 Å². The highest BCUT2D eigenvalue weighted by molar-refractivity contribution is 7.89. The molecule has 2 aromatic carbocycles. The van der Waals surface area contributed by atoms with Crippen molar-refractivity contribution in [2.75, 3.05) is 11.6 Å². The number of rotatable bonds is 6. The standard InChI is InChI=1S/C29H27Cl2FN4O6S/c1-14-5-7-17(32)11-18(14)24-29(20-8-6-15(30)10-22(20)34-27(29)39)21(12-23(37)35-24)19-9-16(31)13-33-25(19)42-28(2,3)26(38)36-43(4,40)41/h5-11,13,21,24H,12H2,1-4H3,(H,34,39)(H,35,37)(H,36,38)/t21-,24+,29-/m1/s1. The van der Waals surface area contributed by atoms with Crippen LogP contribution in [-0.4, -0.2) is 43.0 Å². The minimum Gasteiger partial charge on any atom is -0.461 e. The largest absolute Gasteiger partial charge is 0.461 e. The van der Waals surface area contributed by atoms with Gasteiger partial charge in [-0.1, -0.05) is 35.3 Å². The Balaban J connectivity index is 1.76. The molecule has 3 heterocycles. The number of piperidine rings is 1. The molecule has 3 amide bonds. The molecule has 43 heavy (non-hydrogen) atoms. The number of carbonyl (C=O) groups excluding carboxylic acids is 3. The first kappa shape index (κ1) is 30.7. The van der Waals surface area contributed by atoms with E-state index in [9.17, 15) is 27.2 Å². The zero-order valence-corrected chi connectivity index (χ0v) is 25.7. The van der Waals surface area contributed by atoms with Crippen molar-refractivity contribution in [1.29, 1.82) is 0 Å². The van der Waals surface area contributed by atoms with Crippen LogP contribution in [-0.2, 0) is 29.8 Å². The monoisotopic (exact) mass is 648 g/mol. The second-order valence-corrected chi connectivity index (χ2v) is 13.8. The molecule has 0 unspecified atom stereocenters. The Morgan fingerprint density at radius 1 is 1.12 bits per heavy atom. The number of ether oxygens (including phenoxy) is 1. The van der Waals surface area contributed by atoms with Gasteiger partial charge in [0.2, 0.25) is 27.7 Å². The summed E-state index contributed by atoms with van der Waals surface area (Å²) in [5.41, 5.74) is -1.26. The number of amides is 3. The second-order valence-electron chi connectivity index (χ2n) is 11.1. The van der Waals surface area contributed by atoms with Crippen molar-refractivity contribution in [3.63, 3.8) is 0 Å². The molecule has 0 aliphatic carbocycles. The first-order valence-electron chi connectivity index (χ1n) is 13.1. The molecule has 2 aliphatic rings. The van der Waals surface area contributed by atoms with Gasteiger partial charge in [0.15, 0.2) is 5.60 Å². The molecular weight excluding hydrogens is 622 g/mol. The smallest absolute Gasteiger partial charge is 0.277 e. The summed E-state index contributed by atoms with van der Waals surface area (Å²) in [4.78, 5) is 44.9. The van der Waals surface area contributed by atoms with Gasteiger partial charge in [0.25, 0.3) is 5.91 Å². The van der Waals surface area contributed by atoms with Crippen LogP contribution in [0.4, 0.5) is 10.1 Å². The van der Waals surface area contributed by atoms with Gasteiger partial charge in [0, 0.05) is 34.8 Å². The Kier molecular flexibility index (Phi) is 7.68. The summed E-state index contributed by atoms with van der Waals surface area (Å²) in [5.74, 6) is -3.63. The van der Waals surface area contributed by atoms with E-state index >= 15 is 0 Å². The number of halogens is 3. The van der Waals surface area contributed by atoms with Gasteiger partial charge in [-0.3, -0.25) is 14.4 Å². The molecule has 226 valence electrons. The van der Waals surface area contributed by atoms with Crippen molar-refractivity contribution < 1.29 is 31.9 Å². The number of nitrogens with one attached hydrogen (secondary N) is 3. The molecule has 1 fully saturated rings. The van der Waals surface area contributed by atoms with E-state index in [1.165, 1.54) is 38.2 Å². The van der Waals surface area contributed by atoms with Crippen LogP contribution < -0.4 is 20.1 Å². The number of hydrogen-bond donors (Lipinski definition) is 3. The molecule has 0 saturated carbocycles. The van der Waals surface area contributed by atoms with E-state index in [4.69, 9.17) is 27.9 Å². The highest BCUT2D eigenvalue weighted by Gasteiger charge is 2.62. The zero-order valence-electron chi connectivity index (χ0n) is 23.4. The van der Waals surface area contributed by atoms with E-state index in [0.717, 1.165) is 6.26 Å². The molecule has 10 nitrogen and oxygen atoms in total. The van der Waals surface area contributed by atoms with Crippen LogP contribution in [0.3, 0.4) is 0 Å². The van der Waals surface area contributed by atoms with E-state index in [1.807, 2.05) is 4.72 Å². The predicted octanol–water partition coefficient (Wildman–Crippen LogP) is 4.30. The molecule has 14 heteroatoms. The van der Waals surface area contributed by atoms with Crippen molar-refractivity contribution in [2.24, 2.45) is 0 Å². The normalized spacial score (nSPS) is 21.7. The van der Waals surface area contributed by atoms with Crippen molar-refractivity contribution in [2.45, 2.75) is 50.2 Å². The molecule has 0 bridgehead atoms. The predicted molar refractivity (Wildman–Crippen MR) is 158 cm³/mol. The Hall–Kier alpha value is -3.74. The fraction of sp³-hybridized carbons (Fsp3) is 0.310. The molecule has 5 rings (SSSR count). The lowest BCUT2D eigenvalue weighted by Crippen LogP contribution is -2.57. The maximum Gasteiger partial charge on any atom is 0.277 e. The number of aromatic nitrogens is 1. The summed E-state index contributed by atoms with van der Waals surface area (Å²) in [7, 11) is -3.92. The Morgan fingerprint density at radius 3 is 2.53 bits per heavy atom. The first-order valence-corrected chi connectivity index (χ1v) is 15.7. The number of pyridine rings is 1. The van der Waals surface area contributed by atoms with Crippen molar-refractivity contribution >= 4 is 56.6 Å². The van der Waals surface area contributed by atoms with Gasteiger partial charge in [-0.15, -0.1) is 0 Å². The maximum atomic E-state index is 14.7. The SMILES string of the molecule is Cc1ccc(F)cc1[C@@H]1NC(=O)C[C@H](c2cc(Cl)cnc2OC(C)(C)C(=O)NS(C)(=O)=O)[C@@]12C(=O)Nc1cc(Cl)ccc12. The van der Waals surface area contributed by atoms with Gasteiger partial charge in [0.05, 0.1) is 17.3 Å². The zero-order chi connectivity index (χ0) is 31.5. The molecular formula is C29H27Cl2FN4O6S. The Morgan fingerprint density at radius 2 is 1.84 bits per heavy atom. The lowest BCUT2D eigenvalue weighted by Gasteiger charge is -2.47. The van der Waals surface area contributed by atoms with Gasteiger partial charge in [0.1, 0.15) is 11.2 Å². The van der Waals surface area contributed by atoms with Gasteiger partial charge in [-0.05, 0) is 67.8 Å². The number of anilines is 1. The van der Waals surface area contributed by atoms with Gasteiger partial charge in [-0.2, -0.15) is 0 Å². The molecule has 3 atom stereocenters. The summed E-state index contributed by atoms with van der Waals surface area (Å²) in [6.07, 6.45) is 1.85. The van der Waals surface area contributed by atoms with Crippen LogP contribution in [0.2, 0.25) is 10.0 Å². The fourth-order valence-corrected chi connectivity index (χ4v) is 6.72. The minimum absolute atomic E-state index is 0.148. The number of hydrogen-bond acceptors (Lipinski definition) is 7. The summed E-state index contributed by atoms with van der Waals surface area (Å²) in [5, 5.41) is 6.31. The number of carbonyl (C=O) groups is 3. The summed E-state index contributed by atoms with van der Waals surface area (Å²) in [6, 6.07) is 9.40. The summed E-state index contributed by atoms with van der Waals surface area (Å²) >= 11 is 12.7. The number of nitrogens with zero attached hydrogens (tertiary/aromatic N) is 1. The van der Waals surface area contributed by atoms with Crippen LogP contribution in [0.1, 0.15) is 54.5 Å². The third-order valence-corrected chi connectivity index (χ3v) is 8.70. The third kappa shape index (κ3) is 5.54. The fourth-order valence-electron chi connectivity index (χ4n) is 5.80. The topological polar surface area (TPSA) is 144 Å². The molecule has 3 N–H and O–H groups in total. The lowest BCUT2D eigenvalue weighted by molar-refractivity contribution is -0.133. The van der Waals surface area contributed by atoms with Gasteiger partial charge in [-0.25, -0.2) is 22.5 Å². The average Bonchev–Trinajstić information content (AvgIpc) is 3.17. The summed E-state index contributed by atoms with van der Waals surface area (Å²) in [6.45, 7) is 4.43. The average molecular weight is 650 g/mol. The number of fused-ring (bicyclic) bond motifs is 2. The minimum atomic E-state index is -3.92. The quantitative estimate of drug-likeness (QED) is 0.361. The molecule has 2 aliphatic heterocycles.